The van der Waals surface area contributed by atoms with Gasteiger partial charge in [-0.15, -0.1) is 0 Å². The summed E-state index contributed by atoms with van der Waals surface area (Å²) < 4.78 is 1.37. The zero-order valence-electron chi connectivity index (χ0n) is 16.1. The van der Waals surface area contributed by atoms with Gasteiger partial charge in [0.1, 0.15) is 6.54 Å². The molecule has 140 valence electrons. The lowest BCUT2D eigenvalue weighted by atomic mass is 10.1. The van der Waals surface area contributed by atoms with E-state index in [2.05, 4.69) is 4.98 Å². The highest BCUT2D eigenvalue weighted by Crippen LogP contribution is 2.14. The Kier molecular flexibility index (Phi) is 5.26. The first-order valence-electron chi connectivity index (χ1n) is 8.82. The molecule has 0 bridgehead atoms. The Bertz CT molecular complexity index is 1020. The molecule has 0 N–H and O–H groups in total. The summed E-state index contributed by atoms with van der Waals surface area (Å²) in [5.41, 5.74) is 3.58. The van der Waals surface area contributed by atoms with Gasteiger partial charge in [-0.25, -0.2) is 4.98 Å². The summed E-state index contributed by atoms with van der Waals surface area (Å²) in [6.07, 6.45) is 1.45. The average Bonchev–Trinajstić information content (AvgIpc) is 2.65. The molecule has 0 saturated heterocycles. The van der Waals surface area contributed by atoms with Gasteiger partial charge >= 0.3 is 0 Å². The second kappa shape index (κ2) is 7.61. The Labute approximate surface area is 158 Å². The highest BCUT2D eigenvalue weighted by Gasteiger charge is 2.13. The van der Waals surface area contributed by atoms with Crippen molar-refractivity contribution in [2.45, 2.75) is 20.0 Å². The third kappa shape index (κ3) is 4.00. The summed E-state index contributed by atoms with van der Waals surface area (Å²) in [4.78, 5) is 33.2. The Hall–Kier alpha value is -3.15. The zero-order chi connectivity index (χ0) is 19.6. The average molecular weight is 364 g/mol. The maximum atomic E-state index is 12.6. The molecule has 0 radical (unpaired) electrons. The fourth-order valence-electron chi connectivity index (χ4n) is 2.98. The number of anilines is 1. The van der Waals surface area contributed by atoms with Crippen LogP contribution in [0.5, 0.6) is 0 Å². The molecule has 1 aromatic heterocycles. The molecular weight excluding hydrogens is 340 g/mol. The Morgan fingerprint density at radius 3 is 2.44 bits per heavy atom. The van der Waals surface area contributed by atoms with Gasteiger partial charge in [0, 0.05) is 33.4 Å². The first kappa shape index (κ1) is 18.6. The van der Waals surface area contributed by atoms with Crippen LogP contribution in [0.25, 0.3) is 10.9 Å². The van der Waals surface area contributed by atoms with Crippen molar-refractivity contribution in [2.75, 3.05) is 26.0 Å². The van der Waals surface area contributed by atoms with E-state index in [0.717, 1.165) is 16.8 Å². The number of aromatic nitrogens is 2. The number of aryl methyl sites for hydroxylation is 1. The predicted octanol–water partition coefficient (Wildman–Crippen LogP) is 2.43. The number of fused-ring (bicyclic) bond motifs is 1. The van der Waals surface area contributed by atoms with Crippen LogP contribution in [0.4, 0.5) is 5.69 Å². The minimum atomic E-state index is -0.194. The zero-order valence-corrected chi connectivity index (χ0v) is 16.1. The van der Waals surface area contributed by atoms with E-state index >= 15 is 0 Å². The molecular formula is C21H24N4O2. The number of hydrogen-bond acceptors (Lipinski definition) is 4. The minimum absolute atomic E-state index is 0.0258. The molecule has 3 rings (SSSR count). The number of carbonyl (C=O) groups excluding carboxylic acids is 1. The van der Waals surface area contributed by atoms with E-state index in [-0.39, 0.29) is 18.0 Å². The first-order valence-corrected chi connectivity index (χ1v) is 8.82. The first-order chi connectivity index (χ1) is 12.9. The number of likely N-dealkylation sites (N-methyl/N-ethyl adjacent to an activating group) is 1. The van der Waals surface area contributed by atoms with E-state index in [9.17, 15) is 9.59 Å². The summed E-state index contributed by atoms with van der Waals surface area (Å²) in [5, 5.41) is 0.534. The van der Waals surface area contributed by atoms with Crippen molar-refractivity contribution >= 4 is 22.5 Å². The second-order valence-corrected chi connectivity index (χ2v) is 6.96. The molecule has 0 atom stereocenters. The van der Waals surface area contributed by atoms with Crippen LogP contribution in [0.2, 0.25) is 0 Å². The van der Waals surface area contributed by atoms with Crippen molar-refractivity contribution in [2.24, 2.45) is 0 Å². The maximum Gasteiger partial charge on any atom is 0.261 e. The monoisotopic (exact) mass is 364 g/mol. The smallest absolute Gasteiger partial charge is 0.261 e. The van der Waals surface area contributed by atoms with Crippen molar-refractivity contribution < 1.29 is 4.79 Å². The predicted molar refractivity (Wildman–Crippen MR) is 108 cm³/mol. The van der Waals surface area contributed by atoms with Crippen molar-refractivity contribution in [3.63, 3.8) is 0 Å². The molecule has 0 aliphatic rings. The Balaban J connectivity index is 1.74. The number of amides is 1. The van der Waals surface area contributed by atoms with E-state index in [1.54, 1.807) is 18.0 Å². The molecule has 0 saturated carbocycles. The number of nitrogens with zero attached hydrogens (tertiary/aromatic N) is 4. The third-order valence-corrected chi connectivity index (χ3v) is 4.66. The molecule has 0 fully saturated rings. The number of rotatable bonds is 5. The van der Waals surface area contributed by atoms with Crippen molar-refractivity contribution in [3.05, 3.63) is 70.3 Å². The van der Waals surface area contributed by atoms with Gasteiger partial charge < -0.3 is 9.80 Å². The molecule has 0 aliphatic carbocycles. The van der Waals surface area contributed by atoms with Gasteiger partial charge in [0.2, 0.25) is 5.91 Å². The third-order valence-electron chi connectivity index (χ3n) is 4.66. The Morgan fingerprint density at radius 2 is 1.78 bits per heavy atom. The van der Waals surface area contributed by atoms with Gasteiger partial charge in [0.05, 0.1) is 17.2 Å². The molecule has 1 heterocycles. The van der Waals surface area contributed by atoms with Crippen molar-refractivity contribution in [1.29, 1.82) is 0 Å². The number of carbonyl (C=O) groups is 1. The van der Waals surface area contributed by atoms with Crippen LogP contribution in [0.3, 0.4) is 0 Å². The van der Waals surface area contributed by atoms with Gasteiger partial charge in [-0.05, 0) is 36.2 Å². The van der Waals surface area contributed by atoms with E-state index in [1.807, 2.05) is 62.3 Å². The van der Waals surface area contributed by atoms with Crippen LogP contribution < -0.4 is 10.5 Å². The largest absolute Gasteiger partial charge is 0.378 e. The lowest BCUT2D eigenvalue weighted by Crippen LogP contribution is -2.33. The van der Waals surface area contributed by atoms with E-state index in [0.29, 0.717) is 17.4 Å². The minimum Gasteiger partial charge on any atom is -0.378 e. The number of hydrogen-bond donors (Lipinski definition) is 0. The van der Waals surface area contributed by atoms with Gasteiger partial charge in [0.25, 0.3) is 5.56 Å². The molecule has 2 aromatic carbocycles. The van der Waals surface area contributed by atoms with Crippen molar-refractivity contribution in [1.82, 2.24) is 14.5 Å². The lowest BCUT2D eigenvalue weighted by Gasteiger charge is -2.19. The molecule has 3 aromatic rings. The molecule has 6 nitrogen and oxygen atoms in total. The van der Waals surface area contributed by atoms with Crippen LogP contribution in [-0.4, -0.2) is 41.5 Å². The second-order valence-electron chi connectivity index (χ2n) is 6.96. The lowest BCUT2D eigenvalue weighted by molar-refractivity contribution is -0.131. The van der Waals surface area contributed by atoms with Gasteiger partial charge in [-0.1, -0.05) is 24.3 Å². The SMILES string of the molecule is Cc1cccc2c(=O)n(CC(=O)N(C)Cc3ccc(N(C)C)cc3)cnc12. The van der Waals surface area contributed by atoms with E-state index < -0.39 is 0 Å². The number of para-hydroxylation sites is 1. The van der Waals surface area contributed by atoms with Gasteiger partial charge in [0.15, 0.2) is 0 Å². The fraction of sp³-hybridized carbons (Fsp3) is 0.286. The van der Waals surface area contributed by atoms with Crippen LogP contribution in [0, 0.1) is 6.92 Å². The van der Waals surface area contributed by atoms with E-state index in [1.165, 1.54) is 10.9 Å². The van der Waals surface area contributed by atoms with Gasteiger partial charge in [-0.2, -0.15) is 0 Å². The highest BCUT2D eigenvalue weighted by molar-refractivity contribution is 5.81. The molecule has 0 unspecified atom stereocenters. The maximum absolute atomic E-state index is 12.6. The summed E-state index contributed by atoms with van der Waals surface area (Å²) in [7, 11) is 5.72. The van der Waals surface area contributed by atoms with Crippen LogP contribution >= 0.6 is 0 Å². The van der Waals surface area contributed by atoms with Crippen LogP contribution in [-0.2, 0) is 17.9 Å². The van der Waals surface area contributed by atoms with Crippen molar-refractivity contribution in [3.8, 4) is 0 Å². The van der Waals surface area contributed by atoms with Crippen LogP contribution in [0.15, 0.2) is 53.6 Å². The molecule has 6 heteroatoms. The van der Waals surface area contributed by atoms with Crippen LogP contribution in [0.1, 0.15) is 11.1 Å². The van der Waals surface area contributed by atoms with Gasteiger partial charge in [-0.3, -0.25) is 14.2 Å². The quantitative estimate of drug-likeness (QED) is 0.698. The summed E-state index contributed by atoms with van der Waals surface area (Å²) >= 11 is 0. The standard InChI is InChI=1S/C21H24N4O2/c1-15-6-5-7-18-20(15)22-14-25(21(18)27)13-19(26)24(4)12-16-8-10-17(11-9-16)23(2)3/h5-11,14H,12-13H2,1-4H3. The fourth-order valence-corrected chi connectivity index (χ4v) is 2.98. The Morgan fingerprint density at radius 1 is 1.07 bits per heavy atom. The molecule has 27 heavy (non-hydrogen) atoms. The molecule has 1 amide bonds. The van der Waals surface area contributed by atoms with E-state index in [4.69, 9.17) is 0 Å². The topological polar surface area (TPSA) is 58.4 Å². The number of benzene rings is 2. The highest BCUT2D eigenvalue weighted by atomic mass is 16.2. The molecule has 0 spiro atoms. The summed E-state index contributed by atoms with van der Waals surface area (Å²) in [6.45, 7) is 2.38. The normalized spacial score (nSPS) is 10.8. The molecule has 0 aliphatic heterocycles. The summed E-state index contributed by atoms with van der Waals surface area (Å²) in [6, 6.07) is 13.5. The summed E-state index contributed by atoms with van der Waals surface area (Å²) in [5.74, 6) is -0.136.